The molecule has 0 saturated carbocycles. The first-order chi connectivity index (χ1) is 10.3. The minimum atomic E-state index is -0.226. The molecule has 0 spiro atoms. The lowest BCUT2D eigenvalue weighted by atomic mass is 10.1. The molecule has 1 aliphatic heterocycles. The minimum absolute atomic E-state index is 0.226. The molecule has 4 nitrogen and oxygen atoms in total. The zero-order chi connectivity index (χ0) is 14.7. The van der Waals surface area contributed by atoms with Crippen LogP contribution in [0, 0.1) is 0 Å². The number of hydrogen-bond donors (Lipinski definition) is 1. The van der Waals surface area contributed by atoms with Crippen molar-refractivity contribution in [3.05, 3.63) is 53.6 Å². The zero-order valence-electron chi connectivity index (χ0n) is 11.3. The molecule has 0 saturated heterocycles. The fourth-order valence-corrected chi connectivity index (χ4v) is 2.31. The van der Waals surface area contributed by atoms with E-state index in [1.54, 1.807) is 18.2 Å². The molecule has 0 bridgehead atoms. The highest BCUT2D eigenvalue weighted by atomic mass is 35.5. The number of ether oxygens (including phenoxy) is 2. The van der Waals surface area contributed by atoms with Crippen LogP contribution in [0.2, 0.25) is 0 Å². The number of carbonyl (C=O) groups is 1. The van der Waals surface area contributed by atoms with E-state index in [4.69, 9.17) is 21.1 Å². The molecule has 3 rings (SSSR count). The summed E-state index contributed by atoms with van der Waals surface area (Å²) in [7, 11) is 0. The largest absolute Gasteiger partial charge is 0.486 e. The van der Waals surface area contributed by atoms with Crippen molar-refractivity contribution in [3.8, 4) is 11.5 Å². The SMILES string of the molecule is O=C(Nc1ccc(CCl)cc1)c1cccc2c1OCCO2. The van der Waals surface area contributed by atoms with Gasteiger partial charge in [0.15, 0.2) is 11.5 Å². The summed E-state index contributed by atoms with van der Waals surface area (Å²) in [6.07, 6.45) is 0. The van der Waals surface area contributed by atoms with Crippen LogP contribution in [0.5, 0.6) is 11.5 Å². The van der Waals surface area contributed by atoms with Gasteiger partial charge >= 0.3 is 0 Å². The lowest BCUT2D eigenvalue weighted by Crippen LogP contribution is -2.20. The van der Waals surface area contributed by atoms with Gasteiger partial charge < -0.3 is 14.8 Å². The highest BCUT2D eigenvalue weighted by Crippen LogP contribution is 2.33. The summed E-state index contributed by atoms with van der Waals surface area (Å²) in [4.78, 5) is 12.4. The first kappa shape index (κ1) is 13.8. The van der Waals surface area contributed by atoms with Gasteiger partial charge in [0.2, 0.25) is 0 Å². The minimum Gasteiger partial charge on any atom is -0.486 e. The summed E-state index contributed by atoms with van der Waals surface area (Å²) in [6.45, 7) is 0.944. The fourth-order valence-electron chi connectivity index (χ4n) is 2.13. The average Bonchev–Trinajstić information content (AvgIpc) is 2.55. The number of nitrogens with one attached hydrogen (secondary N) is 1. The van der Waals surface area contributed by atoms with Crippen molar-refractivity contribution in [1.82, 2.24) is 0 Å². The summed E-state index contributed by atoms with van der Waals surface area (Å²) in [6, 6.07) is 12.7. The number of hydrogen-bond acceptors (Lipinski definition) is 3. The molecule has 1 aliphatic rings. The second-order valence-electron chi connectivity index (χ2n) is 4.61. The molecule has 21 heavy (non-hydrogen) atoms. The average molecular weight is 304 g/mol. The van der Waals surface area contributed by atoms with Crippen LogP contribution in [0.3, 0.4) is 0 Å². The predicted molar refractivity (Wildman–Crippen MR) is 81.4 cm³/mol. The second-order valence-corrected chi connectivity index (χ2v) is 4.88. The summed E-state index contributed by atoms with van der Waals surface area (Å²) >= 11 is 5.74. The maximum absolute atomic E-state index is 12.4. The molecule has 0 radical (unpaired) electrons. The fraction of sp³-hybridized carbons (Fsp3) is 0.188. The lowest BCUT2D eigenvalue weighted by molar-refractivity contribution is 0.101. The third kappa shape index (κ3) is 2.95. The van der Waals surface area contributed by atoms with Crippen molar-refractivity contribution < 1.29 is 14.3 Å². The molecule has 0 aliphatic carbocycles. The predicted octanol–water partition coefficient (Wildman–Crippen LogP) is 3.45. The Kier molecular flexibility index (Phi) is 3.97. The van der Waals surface area contributed by atoms with Crippen molar-refractivity contribution in [1.29, 1.82) is 0 Å². The Morgan fingerprint density at radius 3 is 2.62 bits per heavy atom. The number of benzene rings is 2. The molecule has 0 aromatic heterocycles. The van der Waals surface area contributed by atoms with Crippen LogP contribution in [0.15, 0.2) is 42.5 Å². The van der Waals surface area contributed by atoms with E-state index in [-0.39, 0.29) is 5.91 Å². The van der Waals surface area contributed by atoms with Gasteiger partial charge in [-0.05, 0) is 29.8 Å². The van der Waals surface area contributed by atoms with Gasteiger partial charge in [0, 0.05) is 11.6 Å². The number of para-hydroxylation sites is 1. The van der Waals surface area contributed by atoms with Crippen molar-refractivity contribution in [2.24, 2.45) is 0 Å². The number of alkyl halides is 1. The number of fused-ring (bicyclic) bond motifs is 1. The Hall–Kier alpha value is -2.20. The molecule has 1 heterocycles. The summed E-state index contributed by atoms with van der Waals surface area (Å²) < 4.78 is 11.0. The number of carbonyl (C=O) groups excluding carboxylic acids is 1. The quantitative estimate of drug-likeness (QED) is 0.884. The van der Waals surface area contributed by atoms with Gasteiger partial charge in [-0.15, -0.1) is 11.6 Å². The van der Waals surface area contributed by atoms with E-state index in [0.717, 1.165) is 5.56 Å². The van der Waals surface area contributed by atoms with Gasteiger partial charge in [-0.1, -0.05) is 18.2 Å². The summed E-state index contributed by atoms with van der Waals surface area (Å²) in [5.41, 5.74) is 2.18. The van der Waals surface area contributed by atoms with Gasteiger partial charge in [-0.3, -0.25) is 4.79 Å². The van der Waals surface area contributed by atoms with Crippen molar-refractivity contribution in [2.45, 2.75) is 5.88 Å². The molecule has 2 aromatic rings. The van der Waals surface area contributed by atoms with Gasteiger partial charge in [0.1, 0.15) is 13.2 Å². The topological polar surface area (TPSA) is 47.6 Å². The Bertz CT molecular complexity index is 655. The molecule has 108 valence electrons. The van der Waals surface area contributed by atoms with Crippen LogP contribution >= 0.6 is 11.6 Å². The van der Waals surface area contributed by atoms with E-state index >= 15 is 0 Å². The normalized spacial score (nSPS) is 12.8. The maximum atomic E-state index is 12.4. The highest BCUT2D eigenvalue weighted by molar-refractivity contribution is 6.17. The zero-order valence-corrected chi connectivity index (χ0v) is 12.0. The van der Waals surface area contributed by atoms with Crippen molar-refractivity contribution in [3.63, 3.8) is 0 Å². The number of rotatable bonds is 3. The summed E-state index contributed by atoms with van der Waals surface area (Å²) in [5.74, 6) is 1.33. The first-order valence-corrected chi connectivity index (χ1v) is 7.16. The van der Waals surface area contributed by atoms with Crippen molar-refractivity contribution in [2.75, 3.05) is 18.5 Å². The first-order valence-electron chi connectivity index (χ1n) is 6.63. The Labute approximate surface area is 127 Å². The number of anilines is 1. The van der Waals surface area contributed by atoms with Crippen LogP contribution < -0.4 is 14.8 Å². The van der Waals surface area contributed by atoms with E-state index in [1.807, 2.05) is 24.3 Å². The van der Waals surface area contributed by atoms with E-state index < -0.39 is 0 Å². The molecule has 5 heteroatoms. The molecule has 0 unspecified atom stereocenters. The van der Waals surface area contributed by atoms with Gasteiger partial charge in [-0.2, -0.15) is 0 Å². The molecule has 2 aromatic carbocycles. The Morgan fingerprint density at radius 2 is 1.86 bits per heavy atom. The van der Waals surface area contributed by atoms with Crippen LogP contribution in [0.4, 0.5) is 5.69 Å². The monoisotopic (exact) mass is 303 g/mol. The number of amides is 1. The Morgan fingerprint density at radius 1 is 1.10 bits per heavy atom. The van der Waals surface area contributed by atoms with E-state index in [2.05, 4.69) is 5.32 Å². The van der Waals surface area contributed by atoms with E-state index in [1.165, 1.54) is 0 Å². The van der Waals surface area contributed by atoms with Gasteiger partial charge in [0.25, 0.3) is 5.91 Å². The van der Waals surface area contributed by atoms with Crippen LogP contribution in [0.25, 0.3) is 0 Å². The molecule has 0 atom stereocenters. The third-order valence-electron chi connectivity index (χ3n) is 3.18. The molecule has 1 amide bonds. The Balaban J connectivity index is 1.82. The van der Waals surface area contributed by atoms with Gasteiger partial charge in [0.05, 0.1) is 5.56 Å². The third-order valence-corrected chi connectivity index (χ3v) is 3.49. The second kappa shape index (κ2) is 6.06. The maximum Gasteiger partial charge on any atom is 0.259 e. The van der Waals surface area contributed by atoms with Crippen LogP contribution in [0.1, 0.15) is 15.9 Å². The molecule has 0 fully saturated rings. The highest BCUT2D eigenvalue weighted by Gasteiger charge is 2.20. The van der Waals surface area contributed by atoms with E-state index in [9.17, 15) is 4.79 Å². The smallest absolute Gasteiger partial charge is 0.259 e. The standard InChI is InChI=1S/C16H14ClNO3/c17-10-11-4-6-12(7-5-11)18-16(19)13-2-1-3-14-15(13)21-9-8-20-14/h1-7H,8-10H2,(H,18,19). The lowest BCUT2D eigenvalue weighted by Gasteiger charge is -2.20. The molecular weight excluding hydrogens is 290 g/mol. The van der Waals surface area contributed by atoms with E-state index in [0.29, 0.717) is 41.8 Å². The molecule has 1 N–H and O–H groups in total. The van der Waals surface area contributed by atoms with Gasteiger partial charge in [-0.25, -0.2) is 0 Å². The van der Waals surface area contributed by atoms with Crippen LogP contribution in [-0.2, 0) is 5.88 Å². The summed E-state index contributed by atoms with van der Waals surface area (Å²) in [5, 5.41) is 2.84. The van der Waals surface area contributed by atoms with Crippen molar-refractivity contribution >= 4 is 23.2 Å². The number of halogens is 1. The van der Waals surface area contributed by atoms with Crippen LogP contribution in [-0.4, -0.2) is 19.1 Å². The molecular formula is C16H14ClNO3.